The second-order valence-corrected chi connectivity index (χ2v) is 5.24. The van der Waals surface area contributed by atoms with Gasteiger partial charge in [-0.25, -0.2) is 4.39 Å². The van der Waals surface area contributed by atoms with E-state index in [1.165, 1.54) is 6.07 Å². The Labute approximate surface area is 127 Å². The summed E-state index contributed by atoms with van der Waals surface area (Å²) in [4.78, 5) is 11.0. The highest BCUT2D eigenvalue weighted by Gasteiger charge is 2.12. The lowest BCUT2D eigenvalue weighted by Crippen LogP contribution is -1.93. The van der Waals surface area contributed by atoms with Crippen LogP contribution in [0.15, 0.2) is 34.8 Å². The van der Waals surface area contributed by atoms with Crippen LogP contribution in [0.1, 0.15) is 10.4 Å². The van der Waals surface area contributed by atoms with Crippen LogP contribution in [0.2, 0.25) is 10.0 Å². The lowest BCUT2D eigenvalue weighted by molar-refractivity contribution is 0.112. The van der Waals surface area contributed by atoms with E-state index >= 15 is 0 Å². The summed E-state index contributed by atoms with van der Waals surface area (Å²) in [6.45, 7) is 0. The maximum atomic E-state index is 13.4. The highest BCUT2D eigenvalue weighted by molar-refractivity contribution is 9.10. The van der Waals surface area contributed by atoms with Crippen molar-refractivity contribution in [1.82, 2.24) is 0 Å². The first kappa shape index (κ1) is 14.3. The number of aldehydes is 1. The Morgan fingerprint density at radius 3 is 2.58 bits per heavy atom. The highest BCUT2D eigenvalue weighted by atomic mass is 79.9. The highest BCUT2D eigenvalue weighted by Crippen LogP contribution is 2.35. The number of hydrogen-bond donors (Lipinski definition) is 0. The van der Waals surface area contributed by atoms with Gasteiger partial charge in [0.2, 0.25) is 0 Å². The fourth-order valence-corrected chi connectivity index (χ4v) is 2.35. The van der Waals surface area contributed by atoms with Crippen LogP contribution < -0.4 is 4.74 Å². The van der Waals surface area contributed by atoms with Gasteiger partial charge in [0.15, 0.2) is 6.29 Å². The maximum Gasteiger partial charge on any atom is 0.155 e. The molecule has 2 aromatic carbocycles. The molecule has 0 amide bonds. The molecule has 0 atom stereocenters. The van der Waals surface area contributed by atoms with Crippen LogP contribution in [-0.4, -0.2) is 6.29 Å². The van der Waals surface area contributed by atoms with E-state index in [9.17, 15) is 9.18 Å². The molecule has 0 bridgehead atoms. The molecule has 0 spiro atoms. The molecule has 2 nitrogen and oxygen atoms in total. The molecule has 19 heavy (non-hydrogen) atoms. The molecule has 6 heteroatoms. The van der Waals surface area contributed by atoms with Gasteiger partial charge < -0.3 is 4.74 Å². The Kier molecular flexibility index (Phi) is 4.45. The summed E-state index contributed by atoms with van der Waals surface area (Å²) in [6, 6.07) is 7.26. The number of hydrogen-bond acceptors (Lipinski definition) is 2. The van der Waals surface area contributed by atoms with E-state index in [1.807, 2.05) is 0 Å². The average Bonchev–Trinajstić information content (AvgIpc) is 2.36. The minimum absolute atomic E-state index is 0.0269. The van der Waals surface area contributed by atoms with E-state index in [1.54, 1.807) is 18.2 Å². The molecule has 0 aliphatic rings. The third kappa shape index (κ3) is 3.08. The van der Waals surface area contributed by atoms with E-state index in [-0.39, 0.29) is 27.1 Å². The SMILES string of the molecule is O=Cc1c(Cl)cccc1Oc1cc(F)c(Cl)cc1Br. The van der Waals surface area contributed by atoms with Gasteiger partial charge >= 0.3 is 0 Å². The van der Waals surface area contributed by atoms with Crippen LogP contribution in [-0.2, 0) is 0 Å². The summed E-state index contributed by atoms with van der Waals surface area (Å²) < 4.78 is 19.4. The van der Waals surface area contributed by atoms with Crippen molar-refractivity contribution in [3.05, 3.63) is 56.2 Å². The van der Waals surface area contributed by atoms with Crippen LogP contribution in [0, 0.1) is 5.82 Å². The van der Waals surface area contributed by atoms with Gasteiger partial charge in [-0.05, 0) is 34.1 Å². The van der Waals surface area contributed by atoms with Gasteiger partial charge in [-0.1, -0.05) is 29.3 Å². The van der Waals surface area contributed by atoms with Crippen molar-refractivity contribution in [2.75, 3.05) is 0 Å². The van der Waals surface area contributed by atoms with Crippen LogP contribution in [0.4, 0.5) is 4.39 Å². The summed E-state index contributed by atoms with van der Waals surface area (Å²) in [6.07, 6.45) is 0.581. The number of ether oxygens (including phenoxy) is 1. The Morgan fingerprint density at radius 2 is 1.89 bits per heavy atom. The van der Waals surface area contributed by atoms with Gasteiger partial charge in [0.25, 0.3) is 0 Å². The van der Waals surface area contributed by atoms with Crippen LogP contribution in [0.3, 0.4) is 0 Å². The quantitative estimate of drug-likeness (QED) is 0.531. The van der Waals surface area contributed by atoms with Crippen LogP contribution >= 0.6 is 39.1 Å². The fourth-order valence-electron chi connectivity index (χ4n) is 1.42. The molecule has 98 valence electrons. The second kappa shape index (κ2) is 5.90. The molecule has 0 aromatic heterocycles. The molecule has 0 saturated heterocycles. The number of carbonyl (C=O) groups excluding carboxylic acids is 1. The first-order valence-corrected chi connectivity index (χ1v) is 6.64. The van der Waals surface area contributed by atoms with E-state index in [0.29, 0.717) is 10.8 Å². The zero-order valence-electron chi connectivity index (χ0n) is 9.29. The first-order valence-electron chi connectivity index (χ1n) is 5.09. The van der Waals surface area contributed by atoms with Gasteiger partial charge in [-0.3, -0.25) is 4.79 Å². The molecule has 2 aromatic rings. The van der Waals surface area contributed by atoms with Gasteiger partial charge in [0.1, 0.15) is 17.3 Å². The van der Waals surface area contributed by atoms with Crippen molar-refractivity contribution in [2.45, 2.75) is 0 Å². The smallest absolute Gasteiger partial charge is 0.155 e. The molecule has 0 fully saturated rings. The standard InChI is InChI=1S/C13H6BrCl2FO2/c14-8-4-10(16)11(17)5-13(8)19-12-3-1-2-9(15)7(12)6-18/h1-6H. The van der Waals surface area contributed by atoms with Crippen molar-refractivity contribution >= 4 is 45.4 Å². The largest absolute Gasteiger partial charge is 0.455 e. The van der Waals surface area contributed by atoms with Crippen molar-refractivity contribution in [3.63, 3.8) is 0 Å². The normalized spacial score (nSPS) is 10.3. The van der Waals surface area contributed by atoms with E-state index in [0.717, 1.165) is 6.07 Å². The van der Waals surface area contributed by atoms with Crippen LogP contribution in [0.5, 0.6) is 11.5 Å². The number of rotatable bonds is 3. The third-order valence-corrected chi connectivity index (χ3v) is 3.56. The Hall–Kier alpha value is -1.10. The number of carbonyl (C=O) groups is 1. The molecular weight excluding hydrogens is 358 g/mol. The van der Waals surface area contributed by atoms with Gasteiger partial charge in [-0.15, -0.1) is 0 Å². The minimum Gasteiger partial charge on any atom is -0.455 e. The molecule has 0 N–H and O–H groups in total. The molecule has 0 aliphatic heterocycles. The molecule has 0 radical (unpaired) electrons. The monoisotopic (exact) mass is 362 g/mol. The summed E-state index contributed by atoms with van der Waals surface area (Å²) in [5.74, 6) is -0.174. The average molecular weight is 364 g/mol. The Morgan fingerprint density at radius 1 is 1.16 bits per heavy atom. The third-order valence-electron chi connectivity index (χ3n) is 2.33. The number of halogens is 4. The van der Waals surface area contributed by atoms with Crippen LogP contribution in [0.25, 0.3) is 0 Å². The summed E-state index contributed by atoms with van der Waals surface area (Å²) >= 11 is 14.7. The van der Waals surface area contributed by atoms with Crippen molar-refractivity contribution in [1.29, 1.82) is 0 Å². The molecule has 2 rings (SSSR count). The summed E-state index contributed by atoms with van der Waals surface area (Å²) in [7, 11) is 0. The molecule has 0 aliphatic carbocycles. The predicted octanol–water partition coefficient (Wildman–Crippen LogP) is 5.50. The van der Waals surface area contributed by atoms with Crippen molar-refractivity contribution in [3.8, 4) is 11.5 Å². The van der Waals surface area contributed by atoms with E-state index in [2.05, 4.69) is 15.9 Å². The summed E-state index contributed by atoms with van der Waals surface area (Å²) in [5.41, 5.74) is 0.200. The zero-order chi connectivity index (χ0) is 14.0. The molecule has 0 heterocycles. The minimum atomic E-state index is -0.616. The van der Waals surface area contributed by atoms with Gasteiger partial charge in [0, 0.05) is 6.07 Å². The summed E-state index contributed by atoms with van der Waals surface area (Å²) in [5, 5.41) is 0.235. The van der Waals surface area contributed by atoms with Gasteiger partial charge in [-0.2, -0.15) is 0 Å². The lowest BCUT2D eigenvalue weighted by atomic mass is 10.2. The molecular formula is C13H6BrCl2FO2. The van der Waals surface area contributed by atoms with E-state index < -0.39 is 5.82 Å². The van der Waals surface area contributed by atoms with E-state index in [4.69, 9.17) is 27.9 Å². The zero-order valence-corrected chi connectivity index (χ0v) is 12.4. The maximum absolute atomic E-state index is 13.4. The Balaban J connectivity index is 2.45. The predicted molar refractivity (Wildman–Crippen MR) is 76.0 cm³/mol. The topological polar surface area (TPSA) is 26.3 Å². The van der Waals surface area contributed by atoms with Crippen molar-refractivity contribution < 1.29 is 13.9 Å². The molecule has 0 saturated carbocycles. The second-order valence-electron chi connectivity index (χ2n) is 3.57. The first-order chi connectivity index (χ1) is 9.02. The van der Waals surface area contributed by atoms with Crippen molar-refractivity contribution in [2.24, 2.45) is 0 Å². The Bertz CT molecular complexity index is 647. The fraction of sp³-hybridized carbons (Fsp3) is 0. The number of benzene rings is 2. The van der Waals surface area contributed by atoms with Gasteiger partial charge in [0.05, 0.1) is 20.1 Å². The molecule has 0 unspecified atom stereocenters. The lowest BCUT2D eigenvalue weighted by Gasteiger charge is -2.11.